The van der Waals surface area contributed by atoms with Crippen molar-refractivity contribution in [1.82, 2.24) is 0 Å². The van der Waals surface area contributed by atoms with E-state index in [1.807, 2.05) is 6.07 Å². The van der Waals surface area contributed by atoms with Crippen molar-refractivity contribution in [2.75, 3.05) is 5.73 Å². The average molecular weight is 218 g/mol. The van der Waals surface area contributed by atoms with Crippen LogP contribution in [0.3, 0.4) is 0 Å². The number of hydrogen-bond donors (Lipinski definition) is 1. The summed E-state index contributed by atoms with van der Waals surface area (Å²) in [5.41, 5.74) is 7.30. The van der Waals surface area contributed by atoms with Crippen molar-refractivity contribution in [3.63, 3.8) is 0 Å². The van der Waals surface area contributed by atoms with E-state index in [2.05, 4.69) is 20.8 Å². The maximum atomic E-state index is 6.05. The lowest BCUT2D eigenvalue weighted by Gasteiger charge is -2.21. The number of nitrogens with two attached hydrogens (primary N) is 1. The first-order valence-corrected chi connectivity index (χ1v) is 4.83. The molecule has 0 saturated carbocycles. The summed E-state index contributed by atoms with van der Waals surface area (Å²) in [6.07, 6.45) is 0. The molecular weight excluding hydrogens is 205 g/mol. The highest BCUT2D eigenvalue weighted by molar-refractivity contribution is 6.36. The van der Waals surface area contributed by atoms with Gasteiger partial charge in [0.25, 0.3) is 0 Å². The Morgan fingerprint density at radius 3 is 2.08 bits per heavy atom. The maximum absolute atomic E-state index is 6.05. The third-order valence-electron chi connectivity index (χ3n) is 1.89. The Balaban J connectivity index is 3.32. The Morgan fingerprint density at radius 1 is 1.08 bits per heavy atom. The van der Waals surface area contributed by atoms with Crippen molar-refractivity contribution in [2.24, 2.45) is 0 Å². The first-order valence-electron chi connectivity index (χ1n) is 4.07. The Morgan fingerprint density at radius 2 is 1.62 bits per heavy atom. The SMILES string of the molecule is CC(C)(C)c1cc(N)c(Cl)cc1Cl. The van der Waals surface area contributed by atoms with Gasteiger partial charge in [0.15, 0.2) is 0 Å². The first-order chi connectivity index (χ1) is 5.82. The van der Waals surface area contributed by atoms with Crippen LogP contribution >= 0.6 is 23.2 Å². The largest absolute Gasteiger partial charge is 0.398 e. The van der Waals surface area contributed by atoms with Crippen LogP contribution in [0, 0.1) is 0 Å². The van der Waals surface area contributed by atoms with Crippen LogP contribution in [0.4, 0.5) is 5.69 Å². The number of nitrogen functional groups attached to an aromatic ring is 1. The number of benzene rings is 1. The third-order valence-corrected chi connectivity index (χ3v) is 2.53. The molecule has 0 atom stereocenters. The second kappa shape index (κ2) is 3.39. The zero-order valence-corrected chi connectivity index (χ0v) is 9.50. The van der Waals surface area contributed by atoms with Gasteiger partial charge in [-0.05, 0) is 23.1 Å². The topological polar surface area (TPSA) is 26.0 Å². The van der Waals surface area contributed by atoms with Crippen LogP contribution in [-0.4, -0.2) is 0 Å². The van der Waals surface area contributed by atoms with Gasteiger partial charge in [0.05, 0.1) is 10.7 Å². The highest BCUT2D eigenvalue weighted by Crippen LogP contribution is 2.34. The lowest BCUT2D eigenvalue weighted by atomic mass is 9.87. The monoisotopic (exact) mass is 217 g/mol. The van der Waals surface area contributed by atoms with E-state index in [0.29, 0.717) is 15.7 Å². The van der Waals surface area contributed by atoms with Gasteiger partial charge in [-0.1, -0.05) is 44.0 Å². The fraction of sp³-hybridized carbons (Fsp3) is 0.400. The number of rotatable bonds is 0. The second-order valence-electron chi connectivity index (χ2n) is 4.10. The zero-order valence-electron chi connectivity index (χ0n) is 7.99. The van der Waals surface area contributed by atoms with E-state index < -0.39 is 0 Å². The second-order valence-corrected chi connectivity index (χ2v) is 4.92. The third kappa shape index (κ3) is 2.29. The molecule has 13 heavy (non-hydrogen) atoms. The molecule has 0 fully saturated rings. The smallest absolute Gasteiger partial charge is 0.0650 e. The van der Waals surface area contributed by atoms with Crippen molar-refractivity contribution in [2.45, 2.75) is 26.2 Å². The molecule has 1 nitrogen and oxygen atoms in total. The molecule has 0 radical (unpaired) electrons. The van der Waals surface area contributed by atoms with Crippen molar-refractivity contribution in [3.8, 4) is 0 Å². The summed E-state index contributed by atoms with van der Waals surface area (Å²) >= 11 is 11.9. The molecule has 0 amide bonds. The van der Waals surface area contributed by atoms with Gasteiger partial charge in [0, 0.05) is 5.02 Å². The van der Waals surface area contributed by atoms with E-state index in [1.54, 1.807) is 6.07 Å². The number of hydrogen-bond acceptors (Lipinski definition) is 1. The van der Waals surface area contributed by atoms with Crippen molar-refractivity contribution in [1.29, 1.82) is 0 Å². The van der Waals surface area contributed by atoms with Crippen LogP contribution < -0.4 is 5.73 Å². The molecule has 0 aliphatic rings. The minimum Gasteiger partial charge on any atom is -0.398 e. The van der Waals surface area contributed by atoms with Crippen LogP contribution in [0.2, 0.25) is 10.0 Å². The predicted octanol–water partition coefficient (Wildman–Crippen LogP) is 3.87. The van der Waals surface area contributed by atoms with Gasteiger partial charge in [-0.3, -0.25) is 0 Å². The summed E-state index contributed by atoms with van der Waals surface area (Å²) in [7, 11) is 0. The molecule has 0 bridgehead atoms. The Bertz CT molecular complexity index is 326. The van der Waals surface area contributed by atoms with Crippen LogP contribution in [-0.2, 0) is 5.41 Å². The summed E-state index contributed by atoms with van der Waals surface area (Å²) in [6, 6.07) is 3.53. The quantitative estimate of drug-likeness (QED) is 0.657. The zero-order chi connectivity index (χ0) is 10.2. The molecule has 0 aliphatic carbocycles. The first kappa shape index (κ1) is 10.7. The lowest BCUT2D eigenvalue weighted by Crippen LogP contribution is -2.12. The highest BCUT2D eigenvalue weighted by atomic mass is 35.5. The van der Waals surface area contributed by atoms with Gasteiger partial charge in [0.1, 0.15) is 0 Å². The molecule has 2 N–H and O–H groups in total. The van der Waals surface area contributed by atoms with Gasteiger partial charge in [-0.25, -0.2) is 0 Å². The minimum atomic E-state index is -0.00417. The minimum absolute atomic E-state index is 0.00417. The maximum Gasteiger partial charge on any atom is 0.0650 e. The van der Waals surface area contributed by atoms with Crippen molar-refractivity contribution in [3.05, 3.63) is 27.7 Å². The van der Waals surface area contributed by atoms with E-state index in [4.69, 9.17) is 28.9 Å². The highest BCUT2D eigenvalue weighted by Gasteiger charge is 2.18. The fourth-order valence-corrected chi connectivity index (χ4v) is 1.81. The van der Waals surface area contributed by atoms with E-state index in [9.17, 15) is 0 Å². The molecule has 72 valence electrons. The molecule has 0 unspecified atom stereocenters. The van der Waals surface area contributed by atoms with E-state index in [0.717, 1.165) is 5.56 Å². The van der Waals surface area contributed by atoms with Crippen LogP contribution in [0.5, 0.6) is 0 Å². The summed E-state index contributed by atoms with van der Waals surface area (Å²) in [5.74, 6) is 0. The molecule has 1 aromatic carbocycles. The number of anilines is 1. The molecule has 0 aliphatic heterocycles. The molecule has 0 aromatic heterocycles. The van der Waals surface area contributed by atoms with Crippen LogP contribution in [0.25, 0.3) is 0 Å². The van der Waals surface area contributed by atoms with Crippen molar-refractivity contribution < 1.29 is 0 Å². The summed E-state index contributed by atoms with van der Waals surface area (Å²) in [4.78, 5) is 0. The summed E-state index contributed by atoms with van der Waals surface area (Å²) in [5, 5.41) is 1.18. The van der Waals surface area contributed by atoms with Gasteiger partial charge in [-0.2, -0.15) is 0 Å². The van der Waals surface area contributed by atoms with Gasteiger partial charge in [0.2, 0.25) is 0 Å². The molecule has 1 aromatic rings. The summed E-state index contributed by atoms with van der Waals surface area (Å²) in [6.45, 7) is 6.25. The average Bonchev–Trinajstić information content (AvgIpc) is 1.94. The summed E-state index contributed by atoms with van der Waals surface area (Å²) < 4.78 is 0. The van der Waals surface area contributed by atoms with Gasteiger partial charge >= 0.3 is 0 Å². The molecule has 0 spiro atoms. The Hall–Kier alpha value is -0.400. The molecule has 0 saturated heterocycles. The standard InChI is InChI=1S/C10H13Cl2N/c1-10(2,3)6-4-9(13)8(12)5-7(6)11/h4-5H,13H2,1-3H3. The molecule has 1 rings (SSSR count). The predicted molar refractivity (Wildman–Crippen MR) is 59.6 cm³/mol. The normalized spacial score (nSPS) is 11.8. The van der Waals surface area contributed by atoms with Gasteiger partial charge in [-0.15, -0.1) is 0 Å². The van der Waals surface area contributed by atoms with Crippen LogP contribution in [0.15, 0.2) is 12.1 Å². The number of halogens is 2. The van der Waals surface area contributed by atoms with Gasteiger partial charge < -0.3 is 5.73 Å². The molecule has 0 heterocycles. The molecule has 3 heteroatoms. The fourth-order valence-electron chi connectivity index (χ4n) is 1.14. The van der Waals surface area contributed by atoms with E-state index in [1.165, 1.54) is 0 Å². The van der Waals surface area contributed by atoms with Crippen LogP contribution in [0.1, 0.15) is 26.3 Å². The lowest BCUT2D eigenvalue weighted by molar-refractivity contribution is 0.591. The molecular formula is C10H13Cl2N. The van der Waals surface area contributed by atoms with Crippen molar-refractivity contribution >= 4 is 28.9 Å². The Labute approximate surface area is 88.8 Å². The Kier molecular flexibility index (Phi) is 2.79. The van der Waals surface area contributed by atoms with E-state index in [-0.39, 0.29) is 5.41 Å². The van der Waals surface area contributed by atoms with E-state index >= 15 is 0 Å².